The van der Waals surface area contributed by atoms with Gasteiger partial charge in [-0.15, -0.1) is 0 Å². The highest BCUT2D eigenvalue weighted by Gasteiger charge is 2.07. The maximum atomic E-state index is 11.6. The molecule has 4 nitrogen and oxygen atoms in total. The number of nitrogens with one attached hydrogen (secondary N) is 2. The fourth-order valence-corrected chi connectivity index (χ4v) is 1.95. The number of hydrogen-bond donors (Lipinski definition) is 2. The van der Waals surface area contributed by atoms with Crippen molar-refractivity contribution in [1.82, 2.24) is 10.3 Å². The van der Waals surface area contributed by atoms with E-state index in [1.165, 1.54) is 18.3 Å². The van der Waals surface area contributed by atoms with Crippen LogP contribution < -0.4 is 10.9 Å². The number of aromatic amines is 1. The van der Waals surface area contributed by atoms with Crippen LogP contribution in [-0.4, -0.2) is 29.4 Å². The van der Waals surface area contributed by atoms with Crippen LogP contribution in [0.1, 0.15) is 17.3 Å². The molecule has 1 amide bonds. The number of carbonyl (C=O) groups is 1. The fraction of sp³-hybridized carbons (Fsp3) is 0.455. The number of H-pyrrole nitrogens is 1. The summed E-state index contributed by atoms with van der Waals surface area (Å²) in [6, 6.07) is 2.87. The normalized spacial score (nSPS) is 12.1. The molecular formula is C11H16N2O2S. The van der Waals surface area contributed by atoms with E-state index in [0.717, 1.165) is 5.75 Å². The lowest BCUT2D eigenvalue weighted by Gasteiger charge is -2.10. The van der Waals surface area contributed by atoms with Gasteiger partial charge in [0.2, 0.25) is 5.56 Å². The van der Waals surface area contributed by atoms with Gasteiger partial charge in [-0.1, -0.05) is 6.92 Å². The van der Waals surface area contributed by atoms with Crippen molar-refractivity contribution in [2.45, 2.75) is 6.92 Å². The lowest BCUT2D eigenvalue weighted by Crippen LogP contribution is -2.29. The summed E-state index contributed by atoms with van der Waals surface area (Å²) in [4.78, 5) is 24.9. The Hall–Kier alpha value is -1.23. The molecule has 0 aromatic carbocycles. The zero-order valence-corrected chi connectivity index (χ0v) is 10.3. The Morgan fingerprint density at radius 1 is 1.56 bits per heavy atom. The van der Waals surface area contributed by atoms with Gasteiger partial charge in [-0.05, 0) is 24.0 Å². The number of thioether (sulfide) groups is 1. The highest BCUT2D eigenvalue weighted by molar-refractivity contribution is 7.98. The maximum Gasteiger partial charge on any atom is 0.252 e. The van der Waals surface area contributed by atoms with Crippen LogP contribution in [0, 0.1) is 5.92 Å². The number of rotatable bonds is 5. The Labute approximate surface area is 98.8 Å². The van der Waals surface area contributed by atoms with Gasteiger partial charge in [0, 0.05) is 18.8 Å². The van der Waals surface area contributed by atoms with Crippen molar-refractivity contribution in [1.29, 1.82) is 0 Å². The minimum absolute atomic E-state index is 0.149. The second kappa shape index (κ2) is 6.37. The molecule has 0 fully saturated rings. The van der Waals surface area contributed by atoms with Crippen molar-refractivity contribution in [2.24, 2.45) is 5.92 Å². The van der Waals surface area contributed by atoms with Gasteiger partial charge in [0.15, 0.2) is 0 Å². The minimum Gasteiger partial charge on any atom is -0.352 e. The molecule has 2 N–H and O–H groups in total. The lowest BCUT2D eigenvalue weighted by molar-refractivity contribution is 0.0949. The number of aromatic nitrogens is 1. The zero-order chi connectivity index (χ0) is 12.0. The first-order valence-corrected chi connectivity index (χ1v) is 6.48. The third-order valence-corrected chi connectivity index (χ3v) is 3.01. The molecular weight excluding hydrogens is 224 g/mol. The standard InChI is InChI=1S/C11H16N2O2S/c1-8(7-16-2)5-13-11(15)9-3-4-10(14)12-6-9/h3-4,6,8H,5,7H2,1-2H3,(H,12,14)(H,13,15). The van der Waals surface area contributed by atoms with E-state index in [2.05, 4.69) is 17.2 Å². The summed E-state index contributed by atoms with van der Waals surface area (Å²) in [6.45, 7) is 2.74. The molecule has 0 saturated heterocycles. The van der Waals surface area contributed by atoms with E-state index < -0.39 is 0 Å². The first-order chi connectivity index (χ1) is 7.63. The van der Waals surface area contributed by atoms with Gasteiger partial charge in [0.05, 0.1) is 5.56 Å². The fourth-order valence-electron chi connectivity index (χ4n) is 1.26. The van der Waals surface area contributed by atoms with Gasteiger partial charge >= 0.3 is 0 Å². The van der Waals surface area contributed by atoms with Crippen LogP contribution in [0.2, 0.25) is 0 Å². The van der Waals surface area contributed by atoms with Crippen LogP contribution in [0.15, 0.2) is 23.1 Å². The van der Waals surface area contributed by atoms with Crippen LogP contribution in [0.5, 0.6) is 0 Å². The number of amides is 1. The van der Waals surface area contributed by atoms with Gasteiger partial charge in [0.25, 0.3) is 5.91 Å². The van der Waals surface area contributed by atoms with Crippen molar-refractivity contribution in [3.05, 3.63) is 34.2 Å². The summed E-state index contributed by atoms with van der Waals surface area (Å²) in [5, 5.41) is 2.83. The highest BCUT2D eigenvalue weighted by atomic mass is 32.2. The summed E-state index contributed by atoms with van der Waals surface area (Å²) >= 11 is 1.76. The largest absolute Gasteiger partial charge is 0.352 e. The molecule has 0 aliphatic rings. The molecule has 5 heteroatoms. The summed E-state index contributed by atoms with van der Waals surface area (Å²) in [7, 11) is 0. The molecule has 16 heavy (non-hydrogen) atoms. The van der Waals surface area contributed by atoms with E-state index in [9.17, 15) is 9.59 Å². The second-order valence-electron chi connectivity index (χ2n) is 3.71. The average molecular weight is 240 g/mol. The van der Waals surface area contributed by atoms with E-state index in [0.29, 0.717) is 18.0 Å². The van der Waals surface area contributed by atoms with Crippen molar-refractivity contribution in [2.75, 3.05) is 18.6 Å². The van der Waals surface area contributed by atoms with Gasteiger partial charge < -0.3 is 10.3 Å². The summed E-state index contributed by atoms with van der Waals surface area (Å²) < 4.78 is 0. The smallest absolute Gasteiger partial charge is 0.252 e. The van der Waals surface area contributed by atoms with Crippen LogP contribution in [0.25, 0.3) is 0 Å². The number of pyridine rings is 1. The quantitative estimate of drug-likeness (QED) is 0.810. The topological polar surface area (TPSA) is 62.0 Å². The third-order valence-electron chi connectivity index (χ3n) is 2.11. The predicted octanol–water partition coefficient (Wildman–Crippen LogP) is 1.10. The molecule has 1 unspecified atom stereocenters. The highest BCUT2D eigenvalue weighted by Crippen LogP contribution is 2.03. The minimum atomic E-state index is -0.202. The molecule has 0 aliphatic heterocycles. The molecule has 1 heterocycles. The van der Waals surface area contributed by atoms with E-state index >= 15 is 0 Å². The Morgan fingerprint density at radius 3 is 2.88 bits per heavy atom. The molecule has 1 aromatic rings. The third kappa shape index (κ3) is 4.10. The van der Waals surface area contributed by atoms with Crippen LogP contribution >= 0.6 is 11.8 Å². The van der Waals surface area contributed by atoms with E-state index in [1.54, 1.807) is 11.8 Å². The van der Waals surface area contributed by atoms with Crippen molar-refractivity contribution in [3.63, 3.8) is 0 Å². The van der Waals surface area contributed by atoms with E-state index in [4.69, 9.17) is 0 Å². The molecule has 88 valence electrons. The predicted molar refractivity (Wildman–Crippen MR) is 66.9 cm³/mol. The van der Waals surface area contributed by atoms with E-state index in [1.807, 2.05) is 6.26 Å². The zero-order valence-electron chi connectivity index (χ0n) is 9.45. The molecule has 1 rings (SSSR count). The van der Waals surface area contributed by atoms with Crippen LogP contribution in [-0.2, 0) is 0 Å². The van der Waals surface area contributed by atoms with E-state index in [-0.39, 0.29) is 11.5 Å². The maximum absolute atomic E-state index is 11.6. The van der Waals surface area contributed by atoms with Gasteiger partial charge in [-0.3, -0.25) is 9.59 Å². The first-order valence-electron chi connectivity index (χ1n) is 5.09. The van der Waals surface area contributed by atoms with Gasteiger partial charge in [-0.25, -0.2) is 0 Å². The number of hydrogen-bond acceptors (Lipinski definition) is 3. The Morgan fingerprint density at radius 2 is 2.31 bits per heavy atom. The second-order valence-corrected chi connectivity index (χ2v) is 4.62. The Bertz CT molecular complexity index is 383. The van der Waals surface area contributed by atoms with Crippen LogP contribution in [0.3, 0.4) is 0 Å². The van der Waals surface area contributed by atoms with Crippen molar-refractivity contribution < 1.29 is 4.79 Å². The first kappa shape index (κ1) is 12.8. The molecule has 0 bridgehead atoms. The average Bonchev–Trinajstić information content (AvgIpc) is 2.27. The van der Waals surface area contributed by atoms with Crippen molar-refractivity contribution in [3.8, 4) is 0 Å². The van der Waals surface area contributed by atoms with Gasteiger partial charge in [-0.2, -0.15) is 11.8 Å². The molecule has 1 atom stereocenters. The van der Waals surface area contributed by atoms with Crippen molar-refractivity contribution >= 4 is 17.7 Å². The summed E-state index contributed by atoms with van der Waals surface area (Å²) in [5.74, 6) is 1.32. The molecule has 0 spiro atoms. The SMILES string of the molecule is CSCC(C)CNC(=O)c1ccc(=O)[nH]c1. The molecule has 0 aliphatic carbocycles. The van der Waals surface area contributed by atoms with Gasteiger partial charge in [0.1, 0.15) is 0 Å². The Kier molecular flexibility index (Phi) is 5.11. The molecule has 0 saturated carbocycles. The summed E-state index contributed by atoms with van der Waals surface area (Å²) in [5.41, 5.74) is 0.281. The Balaban J connectivity index is 2.46. The number of carbonyl (C=O) groups excluding carboxylic acids is 1. The monoisotopic (exact) mass is 240 g/mol. The molecule has 1 aromatic heterocycles. The van der Waals surface area contributed by atoms with Crippen LogP contribution in [0.4, 0.5) is 0 Å². The lowest BCUT2D eigenvalue weighted by atomic mass is 10.2. The summed E-state index contributed by atoms with van der Waals surface area (Å²) in [6.07, 6.45) is 3.47. The molecule has 0 radical (unpaired) electrons.